The third-order valence-corrected chi connectivity index (χ3v) is 4.84. The monoisotopic (exact) mass is 320 g/mol. The van der Waals surface area contributed by atoms with Crippen LogP contribution in [-0.2, 0) is 0 Å². The summed E-state index contributed by atoms with van der Waals surface area (Å²) >= 11 is 3.36. The van der Waals surface area contributed by atoms with E-state index < -0.39 is 0 Å². The van der Waals surface area contributed by atoms with Gasteiger partial charge >= 0.3 is 0 Å². The molecule has 0 radical (unpaired) electrons. The second kappa shape index (κ2) is 5.10. The normalized spacial score (nSPS) is 29.9. The molecule has 2 heterocycles. The molecule has 1 saturated heterocycles. The number of nitrogens with zero attached hydrogens (tertiary/aromatic N) is 3. The minimum absolute atomic E-state index is 0.310. The summed E-state index contributed by atoms with van der Waals surface area (Å²) in [6.07, 6.45) is 5.38. The number of pyridine rings is 1. The van der Waals surface area contributed by atoms with Crippen LogP contribution in [0.1, 0.15) is 24.8 Å². The molecular formula is C14H17BrN4. The molecule has 1 aliphatic heterocycles. The van der Waals surface area contributed by atoms with Gasteiger partial charge in [0.1, 0.15) is 11.9 Å². The molecule has 2 aliphatic rings. The fraction of sp³-hybridized carbons (Fsp3) is 0.571. The molecule has 1 aromatic heterocycles. The highest BCUT2D eigenvalue weighted by atomic mass is 79.9. The van der Waals surface area contributed by atoms with Gasteiger partial charge in [-0.05, 0) is 46.7 Å². The molecule has 3 rings (SSSR count). The van der Waals surface area contributed by atoms with Crippen LogP contribution in [0.5, 0.6) is 0 Å². The topological polar surface area (TPSA) is 65.9 Å². The molecule has 5 heteroatoms. The second-order valence-electron chi connectivity index (χ2n) is 5.56. The Hall–Kier alpha value is -1.12. The van der Waals surface area contributed by atoms with E-state index in [1.54, 1.807) is 6.20 Å². The van der Waals surface area contributed by atoms with Crippen molar-refractivity contribution in [1.29, 1.82) is 5.26 Å². The van der Waals surface area contributed by atoms with Gasteiger partial charge in [0.15, 0.2) is 0 Å². The maximum absolute atomic E-state index is 9.25. The van der Waals surface area contributed by atoms with Crippen molar-refractivity contribution in [3.63, 3.8) is 0 Å². The molecule has 0 spiro atoms. The molecule has 2 fully saturated rings. The van der Waals surface area contributed by atoms with Crippen molar-refractivity contribution in [2.24, 2.45) is 17.6 Å². The molecule has 100 valence electrons. The van der Waals surface area contributed by atoms with Gasteiger partial charge in [0.25, 0.3) is 0 Å². The summed E-state index contributed by atoms with van der Waals surface area (Å²) in [6.45, 7) is 1.93. The third kappa shape index (κ3) is 2.35. The fourth-order valence-corrected chi connectivity index (χ4v) is 3.79. The van der Waals surface area contributed by atoms with Gasteiger partial charge in [-0.1, -0.05) is 6.42 Å². The van der Waals surface area contributed by atoms with E-state index in [1.165, 1.54) is 12.8 Å². The molecule has 2 N–H and O–H groups in total. The van der Waals surface area contributed by atoms with Crippen molar-refractivity contribution in [1.82, 2.24) is 4.98 Å². The van der Waals surface area contributed by atoms with Gasteiger partial charge in [0, 0.05) is 29.8 Å². The number of hydrogen-bond acceptors (Lipinski definition) is 4. The Balaban J connectivity index is 1.87. The summed E-state index contributed by atoms with van der Waals surface area (Å²) in [4.78, 5) is 6.67. The van der Waals surface area contributed by atoms with E-state index in [2.05, 4.69) is 31.9 Å². The van der Waals surface area contributed by atoms with Gasteiger partial charge in [-0.25, -0.2) is 4.98 Å². The molecule has 3 unspecified atom stereocenters. The largest absolute Gasteiger partial charge is 0.355 e. The predicted octanol–water partition coefficient (Wildman–Crippen LogP) is 2.28. The highest BCUT2D eigenvalue weighted by molar-refractivity contribution is 9.10. The van der Waals surface area contributed by atoms with Crippen LogP contribution in [0, 0.1) is 23.2 Å². The van der Waals surface area contributed by atoms with Gasteiger partial charge in [0.2, 0.25) is 0 Å². The Morgan fingerprint density at radius 1 is 1.42 bits per heavy atom. The molecule has 0 amide bonds. The van der Waals surface area contributed by atoms with Crippen LogP contribution in [0.3, 0.4) is 0 Å². The van der Waals surface area contributed by atoms with Crippen LogP contribution in [0.2, 0.25) is 0 Å². The molecule has 1 aliphatic carbocycles. The quantitative estimate of drug-likeness (QED) is 0.862. The van der Waals surface area contributed by atoms with E-state index in [4.69, 9.17) is 5.73 Å². The first-order valence-corrected chi connectivity index (χ1v) is 7.54. The number of fused-ring (bicyclic) bond motifs is 1. The number of hydrogen-bond donors (Lipinski definition) is 1. The maximum Gasteiger partial charge on any atom is 0.146 e. The van der Waals surface area contributed by atoms with Crippen LogP contribution in [0.25, 0.3) is 0 Å². The molecular weight excluding hydrogens is 304 g/mol. The summed E-state index contributed by atoms with van der Waals surface area (Å²) in [7, 11) is 0. The number of nitrogens with two attached hydrogens (primary N) is 1. The number of rotatable bonds is 1. The van der Waals surface area contributed by atoms with Gasteiger partial charge in [0.05, 0.1) is 5.56 Å². The lowest BCUT2D eigenvalue weighted by Gasteiger charge is -2.29. The van der Waals surface area contributed by atoms with E-state index >= 15 is 0 Å². The molecule has 1 aromatic rings. The van der Waals surface area contributed by atoms with E-state index in [0.29, 0.717) is 23.4 Å². The first-order chi connectivity index (χ1) is 9.19. The zero-order chi connectivity index (χ0) is 13.4. The Bertz CT molecular complexity index is 525. The third-order valence-electron chi connectivity index (χ3n) is 4.41. The Kier molecular flexibility index (Phi) is 3.46. The lowest BCUT2D eigenvalue weighted by molar-refractivity contribution is 0.260. The predicted molar refractivity (Wildman–Crippen MR) is 77.7 cm³/mol. The van der Waals surface area contributed by atoms with Crippen molar-refractivity contribution in [2.75, 3.05) is 18.0 Å². The Morgan fingerprint density at radius 3 is 3.00 bits per heavy atom. The molecule has 4 nitrogen and oxygen atoms in total. The minimum Gasteiger partial charge on any atom is -0.355 e. The molecule has 3 atom stereocenters. The van der Waals surface area contributed by atoms with Crippen LogP contribution < -0.4 is 10.6 Å². The van der Waals surface area contributed by atoms with Gasteiger partial charge in [-0.15, -0.1) is 0 Å². The average molecular weight is 321 g/mol. The number of halogens is 1. The van der Waals surface area contributed by atoms with Crippen molar-refractivity contribution < 1.29 is 0 Å². The average Bonchev–Trinajstić information content (AvgIpc) is 2.83. The van der Waals surface area contributed by atoms with Crippen LogP contribution in [0.15, 0.2) is 16.7 Å². The summed E-state index contributed by atoms with van der Waals surface area (Å²) in [5.41, 5.74) is 6.88. The Morgan fingerprint density at radius 2 is 2.26 bits per heavy atom. The van der Waals surface area contributed by atoms with Crippen LogP contribution >= 0.6 is 15.9 Å². The summed E-state index contributed by atoms with van der Waals surface area (Å²) < 4.78 is 0.848. The molecule has 0 aromatic carbocycles. The highest BCUT2D eigenvalue weighted by Crippen LogP contribution is 2.38. The summed E-state index contributed by atoms with van der Waals surface area (Å²) in [5.74, 6) is 2.04. The fourth-order valence-electron chi connectivity index (χ4n) is 3.46. The van der Waals surface area contributed by atoms with Gasteiger partial charge in [-0.2, -0.15) is 5.26 Å². The lowest BCUT2D eigenvalue weighted by Crippen LogP contribution is -2.38. The van der Waals surface area contributed by atoms with Crippen molar-refractivity contribution in [2.45, 2.75) is 25.3 Å². The standard InChI is InChI=1S/C14H17BrN4/c15-11-4-10(5-16)14(18-6-11)19-7-9-2-1-3-13(17)12(9)8-19/h4,6,9,12-13H,1-3,7-8,17H2. The first kappa shape index (κ1) is 12.9. The number of aromatic nitrogens is 1. The van der Waals surface area contributed by atoms with E-state index in [1.807, 2.05) is 6.07 Å². The van der Waals surface area contributed by atoms with Crippen LogP contribution in [-0.4, -0.2) is 24.1 Å². The second-order valence-corrected chi connectivity index (χ2v) is 6.48. The SMILES string of the molecule is N#Cc1cc(Br)cnc1N1CC2CCCC(N)C2C1. The van der Waals surface area contributed by atoms with Gasteiger partial charge in [-0.3, -0.25) is 0 Å². The minimum atomic E-state index is 0.310. The van der Waals surface area contributed by atoms with E-state index in [0.717, 1.165) is 29.8 Å². The Labute approximate surface area is 121 Å². The zero-order valence-electron chi connectivity index (χ0n) is 10.7. The smallest absolute Gasteiger partial charge is 0.146 e. The van der Waals surface area contributed by atoms with Crippen molar-refractivity contribution in [3.8, 4) is 6.07 Å². The summed E-state index contributed by atoms with van der Waals surface area (Å²) in [6, 6.07) is 4.39. The highest BCUT2D eigenvalue weighted by Gasteiger charge is 2.39. The lowest BCUT2D eigenvalue weighted by atomic mass is 9.78. The number of anilines is 1. The van der Waals surface area contributed by atoms with Gasteiger partial charge < -0.3 is 10.6 Å². The van der Waals surface area contributed by atoms with E-state index in [9.17, 15) is 5.26 Å². The zero-order valence-corrected chi connectivity index (χ0v) is 12.3. The summed E-state index contributed by atoms with van der Waals surface area (Å²) in [5, 5.41) is 9.25. The van der Waals surface area contributed by atoms with Crippen LogP contribution in [0.4, 0.5) is 5.82 Å². The van der Waals surface area contributed by atoms with E-state index in [-0.39, 0.29) is 0 Å². The molecule has 19 heavy (non-hydrogen) atoms. The number of nitriles is 1. The van der Waals surface area contributed by atoms with Crippen molar-refractivity contribution in [3.05, 3.63) is 22.3 Å². The van der Waals surface area contributed by atoms with Crippen molar-refractivity contribution >= 4 is 21.7 Å². The first-order valence-electron chi connectivity index (χ1n) is 6.75. The molecule has 1 saturated carbocycles. The molecule has 0 bridgehead atoms. The maximum atomic E-state index is 9.25.